The highest BCUT2D eigenvalue weighted by molar-refractivity contribution is 7.13. The van der Waals surface area contributed by atoms with Crippen molar-refractivity contribution < 1.29 is 9.53 Å². The average Bonchev–Trinajstić information content (AvgIpc) is 3.16. The number of hydrogen-bond acceptors (Lipinski definition) is 8. The first-order chi connectivity index (χ1) is 13.2. The first-order valence-corrected chi connectivity index (χ1v) is 8.91. The number of para-hydroxylation sites is 1. The normalized spacial score (nSPS) is 10.6. The number of rotatable bonds is 5. The van der Waals surface area contributed by atoms with Crippen molar-refractivity contribution in [2.45, 2.75) is 6.92 Å². The molecule has 0 aliphatic rings. The highest BCUT2D eigenvalue weighted by Crippen LogP contribution is 2.28. The van der Waals surface area contributed by atoms with Crippen LogP contribution in [0, 0.1) is 0 Å². The number of aromatic nitrogens is 4. The zero-order chi connectivity index (χ0) is 18.6. The van der Waals surface area contributed by atoms with E-state index in [1.165, 1.54) is 18.3 Å². The van der Waals surface area contributed by atoms with Gasteiger partial charge < -0.3 is 15.4 Å². The summed E-state index contributed by atoms with van der Waals surface area (Å²) in [7, 11) is 0. The molecule has 2 heterocycles. The van der Waals surface area contributed by atoms with Gasteiger partial charge in [-0.05, 0) is 36.4 Å². The molecule has 4 rings (SSSR count). The molecule has 2 aromatic carbocycles. The van der Waals surface area contributed by atoms with Gasteiger partial charge >= 0.3 is 6.01 Å². The minimum Gasteiger partial charge on any atom is -0.424 e. The standard InChI is InChI=1S/C18H14N6O2S/c1-11(25)20-12-6-8-13(9-7-12)26-17-21-15-5-3-2-4-14(15)16(22-17)23-18-24-19-10-27-18/h2-10H,1H3,(H,20,25)(H,21,22,23,24). The molecule has 9 heteroatoms. The van der Waals surface area contributed by atoms with E-state index in [0.29, 0.717) is 22.4 Å². The van der Waals surface area contributed by atoms with Crippen molar-refractivity contribution in [3.8, 4) is 11.8 Å². The molecule has 134 valence electrons. The Kier molecular flexibility index (Phi) is 4.58. The largest absolute Gasteiger partial charge is 0.424 e. The van der Waals surface area contributed by atoms with Gasteiger partial charge in [0.15, 0.2) is 0 Å². The first kappa shape index (κ1) is 16.9. The second-order valence-electron chi connectivity index (χ2n) is 5.55. The van der Waals surface area contributed by atoms with E-state index in [-0.39, 0.29) is 11.9 Å². The van der Waals surface area contributed by atoms with Gasteiger partial charge in [0.05, 0.1) is 5.52 Å². The number of benzene rings is 2. The van der Waals surface area contributed by atoms with Gasteiger partial charge in [-0.25, -0.2) is 0 Å². The highest BCUT2D eigenvalue weighted by atomic mass is 32.1. The second kappa shape index (κ2) is 7.34. The van der Waals surface area contributed by atoms with Crippen molar-refractivity contribution in [3.05, 3.63) is 54.0 Å². The van der Waals surface area contributed by atoms with E-state index >= 15 is 0 Å². The predicted octanol–water partition coefficient (Wildman–Crippen LogP) is 3.98. The van der Waals surface area contributed by atoms with Crippen molar-refractivity contribution in [2.75, 3.05) is 10.6 Å². The van der Waals surface area contributed by atoms with Gasteiger partial charge in [-0.15, -0.1) is 10.2 Å². The Hall–Kier alpha value is -3.59. The summed E-state index contributed by atoms with van der Waals surface area (Å²) < 4.78 is 5.80. The topological polar surface area (TPSA) is 102 Å². The van der Waals surface area contributed by atoms with Crippen LogP contribution in [0.1, 0.15) is 6.92 Å². The first-order valence-electron chi connectivity index (χ1n) is 8.03. The van der Waals surface area contributed by atoms with E-state index in [4.69, 9.17) is 4.74 Å². The highest BCUT2D eigenvalue weighted by Gasteiger charge is 2.11. The maximum atomic E-state index is 11.1. The van der Waals surface area contributed by atoms with Crippen molar-refractivity contribution >= 4 is 44.8 Å². The van der Waals surface area contributed by atoms with Crippen LogP contribution in [0.25, 0.3) is 10.9 Å². The summed E-state index contributed by atoms with van der Waals surface area (Å²) in [5.41, 5.74) is 3.07. The summed E-state index contributed by atoms with van der Waals surface area (Å²) in [6.07, 6.45) is 0. The molecular weight excluding hydrogens is 364 g/mol. The molecule has 4 aromatic rings. The van der Waals surface area contributed by atoms with Crippen molar-refractivity contribution in [3.63, 3.8) is 0 Å². The minimum atomic E-state index is -0.131. The molecule has 0 saturated heterocycles. The van der Waals surface area contributed by atoms with Gasteiger partial charge in [0.2, 0.25) is 11.0 Å². The van der Waals surface area contributed by atoms with Crippen LogP contribution in [0.2, 0.25) is 0 Å². The van der Waals surface area contributed by atoms with Gasteiger partial charge in [0.1, 0.15) is 17.1 Å². The SMILES string of the molecule is CC(=O)Nc1ccc(Oc2nc(Nc3nncs3)c3ccccc3n2)cc1. The zero-order valence-electron chi connectivity index (χ0n) is 14.2. The number of carbonyl (C=O) groups is 1. The van der Waals surface area contributed by atoms with Crippen LogP contribution in [0.3, 0.4) is 0 Å². The number of hydrogen-bond donors (Lipinski definition) is 2. The lowest BCUT2D eigenvalue weighted by atomic mass is 10.2. The summed E-state index contributed by atoms with van der Waals surface area (Å²) >= 11 is 1.37. The van der Waals surface area contributed by atoms with E-state index in [1.807, 2.05) is 24.3 Å². The Morgan fingerprint density at radius 1 is 1.07 bits per heavy atom. The lowest BCUT2D eigenvalue weighted by molar-refractivity contribution is -0.114. The molecular formula is C18H14N6O2S. The lowest BCUT2D eigenvalue weighted by Crippen LogP contribution is -2.05. The van der Waals surface area contributed by atoms with Gasteiger partial charge in [-0.3, -0.25) is 4.79 Å². The lowest BCUT2D eigenvalue weighted by Gasteiger charge is -2.10. The molecule has 0 bridgehead atoms. The Morgan fingerprint density at radius 2 is 1.89 bits per heavy atom. The van der Waals surface area contributed by atoms with Crippen LogP contribution < -0.4 is 15.4 Å². The fourth-order valence-corrected chi connectivity index (χ4v) is 2.88. The van der Waals surface area contributed by atoms with Crippen molar-refractivity contribution in [1.29, 1.82) is 0 Å². The Labute approximate surface area is 158 Å². The van der Waals surface area contributed by atoms with Crippen LogP contribution in [-0.4, -0.2) is 26.1 Å². The van der Waals surface area contributed by atoms with Crippen LogP contribution in [0.15, 0.2) is 54.0 Å². The molecule has 0 radical (unpaired) electrons. The van der Waals surface area contributed by atoms with Gasteiger partial charge in [-0.1, -0.05) is 23.5 Å². The third-order valence-corrected chi connectivity index (χ3v) is 4.16. The minimum absolute atomic E-state index is 0.131. The van der Waals surface area contributed by atoms with E-state index in [2.05, 4.69) is 30.8 Å². The quantitative estimate of drug-likeness (QED) is 0.541. The molecule has 0 aliphatic carbocycles. The molecule has 0 atom stereocenters. The summed E-state index contributed by atoms with van der Waals surface area (Å²) in [4.78, 5) is 20.0. The van der Waals surface area contributed by atoms with Gasteiger partial charge in [0, 0.05) is 18.0 Å². The number of fused-ring (bicyclic) bond motifs is 1. The smallest absolute Gasteiger partial charge is 0.324 e. The van der Waals surface area contributed by atoms with Crippen LogP contribution in [0.4, 0.5) is 16.6 Å². The van der Waals surface area contributed by atoms with Crippen molar-refractivity contribution in [1.82, 2.24) is 20.2 Å². The molecule has 8 nitrogen and oxygen atoms in total. The molecule has 0 fully saturated rings. The average molecular weight is 378 g/mol. The molecule has 1 amide bonds. The molecule has 2 aromatic heterocycles. The second-order valence-corrected chi connectivity index (χ2v) is 6.38. The van der Waals surface area contributed by atoms with Crippen molar-refractivity contribution in [2.24, 2.45) is 0 Å². The maximum Gasteiger partial charge on any atom is 0.324 e. The number of nitrogens with one attached hydrogen (secondary N) is 2. The van der Waals surface area contributed by atoms with E-state index in [0.717, 1.165) is 10.9 Å². The maximum absolute atomic E-state index is 11.1. The summed E-state index contributed by atoms with van der Waals surface area (Å²) in [5.74, 6) is 1.01. The molecule has 0 aliphatic heterocycles. The number of nitrogens with zero attached hydrogens (tertiary/aromatic N) is 4. The van der Waals surface area contributed by atoms with E-state index < -0.39 is 0 Å². The Bertz CT molecular complexity index is 1080. The summed E-state index contributed by atoms with van der Waals surface area (Å²) in [5, 5.41) is 15.1. The fraction of sp³-hybridized carbons (Fsp3) is 0.0556. The molecule has 2 N–H and O–H groups in total. The molecule has 0 spiro atoms. The van der Waals surface area contributed by atoms with Gasteiger partial charge in [-0.2, -0.15) is 9.97 Å². The van der Waals surface area contributed by atoms with Crippen LogP contribution >= 0.6 is 11.3 Å². The number of carbonyl (C=O) groups excluding carboxylic acids is 1. The van der Waals surface area contributed by atoms with Gasteiger partial charge in [0.25, 0.3) is 0 Å². The van der Waals surface area contributed by atoms with Crippen LogP contribution in [0.5, 0.6) is 11.8 Å². The molecule has 0 unspecified atom stereocenters. The number of ether oxygens (including phenoxy) is 1. The monoisotopic (exact) mass is 378 g/mol. The molecule has 27 heavy (non-hydrogen) atoms. The van der Waals surface area contributed by atoms with E-state index in [9.17, 15) is 4.79 Å². The summed E-state index contributed by atoms with van der Waals surface area (Å²) in [6, 6.07) is 14.8. The third-order valence-electron chi connectivity index (χ3n) is 3.55. The van der Waals surface area contributed by atoms with Crippen LogP contribution in [-0.2, 0) is 4.79 Å². The third kappa shape index (κ3) is 3.98. The molecule has 0 saturated carbocycles. The predicted molar refractivity (Wildman–Crippen MR) is 104 cm³/mol. The van der Waals surface area contributed by atoms with E-state index in [1.54, 1.807) is 29.8 Å². The zero-order valence-corrected chi connectivity index (χ0v) is 15.0. The Balaban J connectivity index is 1.64. The Morgan fingerprint density at radius 3 is 2.63 bits per heavy atom. The number of amides is 1. The fourth-order valence-electron chi connectivity index (χ4n) is 2.44. The summed E-state index contributed by atoms with van der Waals surface area (Å²) in [6.45, 7) is 1.46. The number of anilines is 3.